The zero-order chi connectivity index (χ0) is 12.5. The van der Waals surface area contributed by atoms with Crippen LogP contribution in [0.1, 0.15) is 22.5 Å². The molecule has 1 aromatic carbocycles. The summed E-state index contributed by atoms with van der Waals surface area (Å²) in [5, 5.41) is 15.6. The molecule has 0 atom stereocenters. The lowest BCUT2D eigenvalue weighted by molar-refractivity contribution is 0.0690. The first kappa shape index (κ1) is 11.3. The van der Waals surface area contributed by atoms with E-state index in [1.54, 1.807) is 6.07 Å². The average molecular weight is 260 g/mol. The molecule has 0 unspecified atom stereocenters. The summed E-state index contributed by atoms with van der Waals surface area (Å²) in [5.41, 5.74) is 3.18. The van der Waals surface area contributed by atoms with Crippen LogP contribution in [0.2, 0.25) is 0 Å². The molecule has 0 amide bonds. The van der Waals surface area contributed by atoms with Gasteiger partial charge in [0.15, 0.2) is 0 Å². The zero-order valence-electron chi connectivity index (χ0n) is 9.64. The average Bonchev–Trinajstić information content (AvgIpc) is 2.87. The third-order valence-electron chi connectivity index (χ3n) is 3.05. The maximum Gasteiger partial charge on any atom is 0.353 e. The van der Waals surface area contributed by atoms with Gasteiger partial charge in [-0.15, -0.1) is 11.8 Å². The number of carboxylic acid groups (broad SMARTS) is 1. The molecule has 0 radical (unpaired) electrons. The van der Waals surface area contributed by atoms with Crippen molar-refractivity contribution in [1.29, 1.82) is 0 Å². The molecule has 18 heavy (non-hydrogen) atoms. The number of rotatable bonds is 2. The fourth-order valence-corrected chi connectivity index (χ4v) is 3.27. The number of hydrogen-bond donors (Lipinski definition) is 2. The van der Waals surface area contributed by atoms with Crippen LogP contribution in [0.25, 0.3) is 11.3 Å². The summed E-state index contributed by atoms with van der Waals surface area (Å²) in [4.78, 5) is 12.1. The number of H-pyrrole nitrogens is 1. The SMILES string of the molecule is O=C(O)c1cc(-c2cccc3c2CCCS3)n[nH]1. The Morgan fingerprint density at radius 1 is 1.44 bits per heavy atom. The van der Waals surface area contributed by atoms with Gasteiger partial charge in [-0.25, -0.2) is 4.79 Å². The number of nitrogens with zero attached hydrogens (tertiary/aromatic N) is 1. The molecule has 2 heterocycles. The quantitative estimate of drug-likeness (QED) is 0.871. The van der Waals surface area contributed by atoms with E-state index in [0.29, 0.717) is 5.69 Å². The van der Waals surface area contributed by atoms with Gasteiger partial charge in [0.2, 0.25) is 0 Å². The minimum absolute atomic E-state index is 0.131. The summed E-state index contributed by atoms with van der Waals surface area (Å²) in [6.45, 7) is 0. The molecular weight excluding hydrogens is 248 g/mol. The Morgan fingerprint density at radius 2 is 2.33 bits per heavy atom. The van der Waals surface area contributed by atoms with Crippen molar-refractivity contribution in [1.82, 2.24) is 10.2 Å². The first-order valence-corrected chi connectivity index (χ1v) is 6.78. The van der Waals surface area contributed by atoms with Crippen molar-refractivity contribution in [2.75, 3.05) is 5.75 Å². The van der Waals surface area contributed by atoms with Crippen LogP contribution < -0.4 is 0 Å². The highest BCUT2D eigenvalue weighted by Gasteiger charge is 2.17. The lowest BCUT2D eigenvalue weighted by Crippen LogP contribution is -2.00. The first-order chi connectivity index (χ1) is 8.75. The van der Waals surface area contributed by atoms with Crippen molar-refractivity contribution in [3.05, 3.63) is 35.5 Å². The summed E-state index contributed by atoms with van der Waals surface area (Å²) < 4.78 is 0. The van der Waals surface area contributed by atoms with E-state index in [1.165, 1.54) is 10.5 Å². The van der Waals surface area contributed by atoms with Crippen LogP contribution in [0.5, 0.6) is 0 Å². The van der Waals surface area contributed by atoms with Gasteiger partial charge in [-0.2, -0.15) is 5.10 Å². The number of carbonyl (C=O) groups is 1. The topological polar surface area (TPSA) is 66.0 Å². The number of carboxylic acids is 1. The molecule has 0 aliphatic carbocycles. The number of aromatic nitrogens is 2. The third-order valence-corrected chi connectivity index (χ3v) is 4.23. The van der Waals surface area contributed by atoms with Gasteiger partial charge in [0.25, 0.3) is 0 Å². The Morgan fingerprint density at radius 3 is 3.11 bits per heavy atom. The van der Waals surface area contributed by atoms with Crippen LogP contribution >= 0.6 is 11.8 Å². The molecule has 0 saturated heterocycles. The van der Waals surface area contributed by atoms with E-state index in [0.717, 1.165) is 24.2 Å². The van der Waals surface area contributed by atoms with Crippen LogP contribution in [0.4, 0.5) is 0 Å². The largest absolute Gasteiger partial charge is 0.477 e. The minimum Gasteiger partial charge on any atom is -0.477 e. The van der Waals surface area contributed by atoms with E-state index in [4.69, 9.17) is 5.11 Å². The van der Waals surface area contributed by atoms with Gasteiger partial charge in [-0.1, -0.05) is 12.1 Å². The van der Waals surface area contributed by atoms with Crippen molar-refractivity contribution in [3.8, 4) is 11.3 Å². The molecule has 2 aromatic rings. The second-order valence-corrected chi connectivity index (χ2v) is 5.34. The zero-order valence-corrected chi connectivity index (χ0v) is 10.5. The predicted octanol–water partition coefficient (Wildman–Crippen LogP) is 2.81. The number of hydrogen-bond acceptors (Lipinski definition) is 3. The fraction of sp³-hybridized carbons (Fsp3) is 0.231. The highest BCUT2D eigenvalue weighted by Crippen LogP contribution is 2.36. The third kappa shape index (κ3) is 1.90. The Bertz CT molecular complexity index is 607. The van der Waals surface area contributed by atoms with Crippen molar-refractivity contribution >= 4 is 17.7 Å². The Kier molecular flexibility index (Phi) is 2.83. The smallest absolute Gasteiger partial charge is 0.353 e. The summed E-state index contributed by atoms with van der Waals surface area (Å²) in [5.74, 6) is 0.171. The molecule has 92 valence electrons. The number of fused-ring (bicyclic) bond motifs is 1. The first-order valence-electron chi connectivity index (χ1n) is 5.79. The number of benzene rings is 1. The predicted molar refractivity (Wildman–Crippen MR) is 70.0 cm³/mol. The van der Waals surface area contributed by atoms with Crippen LogP contribution in [-0.4, -0.2) is 27.0 Å². The normalized spacial score (nSPS) is 14.2. The molecule has 0 fully saturated rings. The summed E-state index contributed by atoms with van der Waals surface area (Å²) in [7, 11) is 0. The lowest BCUT2D eigenvalue weighted by Gasteiger charge is -2.17. The van der Waals surface area contributed by atoms with Gasteiger partial charge in [0.1, 0.15) is 5.69 Å². The maximum absolute atomic E-state index is 10.9. The van der Waals surface area contributed by atoms with E-state index in [-0.39, 0.29) is 5.69 Å². The van der Waals surface area contributed by atoms with Crippen LogP contribution in [0.15, 0.2) is 29.2 Å². The number of aromatic carboxylic acids is 1. The van der Waals surface area contributed by atoms with Crippen molar-refractivity contribution < 1.29 is 9.90 Å². The Labute approximate surface area is 108 Å². The molecule has 1 aliphatic rings. The monoisotopic (exact) mass is 260 g/mol. The Hall–Kier alpha value is -1.75. The molecule has 0 spiro atoms. The summed E-state index contributed by atoms with van der Waals surface area (Å²) >= 11 is 1.86. The van der Waals surface area contributed by atoms with Crippen LogP contribution in [0.3, 0.4) is 0 Å². The van der Waals surface area contributed by atoms with Gasteiger partial charge in [0.05, 0.1) is 5.69 Å². The van der Waals surface area contributed by atoms with Crippen LogP contribution in [0, 0.1) is 0 Å². The molecule has 4 nitrogen and oxygen atoms in total. The second kappa shape index (κ2) is 4.49. The van der Waals surface area contributed by atoms with Crippen molar-refractivity contribution in [2.45, 2.75) is 17.7 Å². The highest BCUT2D eigenvalue weighted by atomic mass is 32.2. The number of aromatic amines is 1. The highest BCUT2D eigenvalue weighted by molar-refractivity contribution is 7.99. The number of nitrogens with one attached hydrogen (secondary N) is 1. The lowest BCUT2D eigenvalue weighted by atomic mass is 10.00. The van der Waals surface area contributed by atoms with Gasteiger partial charge >= 0.3 is 5.97 Å². The molecule has 2 N–H and O–H groups in total. The molecule has 0 bridgehead atoms. The number of thioether (sulfide) groups is 1. The fourth-order valence-electron chi connectivity index (χ4n) is 2.20. The minimum atomic E-state index is -0.979. The van der Waals surface area contributed by atoms with Gasteiger partial charge < -0.3 is 5.11 Å². The van der Waals surface area contributed by atoms with E-state index in [1.807, 2.05) is 23.9 Å². The molecule has 1 aromatic heterocycles. The molecule has 3 rings (SSSR count). The molecule has 5 heteroatoms. The van der Waals surface area contributed by atoms with Gasteiger partial charge in [-0.3, -0.25) is 5.10 Å². The van der Waals surface area contributed by atoms with E-state index in [2.05, 4.69) is 16.3 Å². The molecule has 1 aliphatic heterocycles. The molecular formula is C13H12N2O2S. The van der Waals surface area contributed by atoms with E-state index < -0.39 is 5.97 Å². The van der Waals surface area contributed by atoms with Crippen molar-refractivity contribution in [2.24, 2.45) is 0 Å². The maximum atomic E-state index is 10.9. The van der Waals surface area contributed by atoms with E-state index in [9.17, 15) is 4.79 Å². The molecule has 0 saturated carbocycles. The van der Waals surface area contributed by atoms with Crippen LogP contribution in [-0.2, 0) is 6.42 Å². The van der Waals surface area contributed by atoms with Gasteiger partial charge in [0, 0.05) is 10.5 Å². The van der Waals surface area contributed by atoms with Crippen molar-refractivity contribution in [3.63, 3.8) is 0 Å². The summed E-state index contributed by atoms with van der Waals surface area (Å²) in [6, 6.07) is 7.72. The van der Waals surface area contributed by atoms with Gasteiger partial charge in [-0.05, 0) is 36.3 Å². The standard InChI is InChI=1S/C13H12N2O2S/c16-13(17)11-7-10(14-15-11)8-3-1-5-12-9(8)4-2-6-18-12/h1,3,5,7H,2,4,6H2,(H,14,15)(H,16,17). The second-order valence-electron chi connectivity index (χ2n) is 4.21. The van der Waals surface area contributed by atoms with E-state index >= 15 is 0 Å². The summed E-state index contributed by atoms with van der Waals surface area (Å²) in [6.07, 6.45) is 2.19. The Balaban J connectivity index is 2.08.